The highest BCUT2D eigenvalue weighted by Crippen LogP contribution is 2.36. The minimum Gasteiger partial charge on any atom is -0.505 e. The first-order valence-electron chi connectivity index (χ1n) is 12.0. The molecule has 0 fully saturated rings. The summed E-state index contributed by atoms with van der Waals surface area (Å²) in [6.07, 6.45) is 0. The summed E-state index contributed by atoms with van der Waals surface area (Å²) >= 11 is 0. The molecule has 0 spiro atoms. The minimum atomic E-state index is -0.671. The second-order valence-corrected chi connectivity index (χ2v) is 9.18. The van der Waals surface area contributed by atoms with Crippen molar-refractivity contribution in [3.8, 4) is 16.9 Å². The lowest BCUT2D eigenvalue weighted by molar-refractivity contribution is -0.118. The number of aromatic nitrogens is 4. The first-order valence-corrected chi connectivity index (χ1v) is 12.0. The Morgan fingerprint density at radius 2 is 1.81 bits per heavy atom. The molecule has 1 amide bonds. The van der Waals surface area contributed by atoms with Crippen molar-refractivity contribution in [1.29, 1.82) is 0 Å². The zero-order chi connectivity index (χ0) is 26.1. The van der Waals surface area contributed by atoms with E-state index < -0.39 is 6.04 Å². The molecule has 4 N–H and O–H groups in total. The number of aryl methyl sites for hydroxylation is 2. The van der Waals surface area contributed by atoms with Crippen molar-refractivity contribution in [1.82, 2.24) is 26.0 Å². The fraction of sp³-hybridized carbons (Fsp3) is 0.222. The van der Waals surface area contributed by atoms with Gasteiger partial charge in [0.1, 0.15) is 11.8 Å². The molecular weight excluding hydrogens is 468 g/mol. The maximum Gasteiger partial charge on any atom is 0.272 e. The van der Waals surface area contributed by atoms with E-state index >= 15 is 0 Å². The molecule has 0 aliphatic carbocycles. The molecule has 37 heavy (non-hydrogen) atoms. The molecule has 3 aromatic carbocycles. The van der Waals surface area contributed by atoms with Gasteiger partial charge < -0.3 is 10.5 Å². The Hall–Kier alpha value is -4.57. The highest BCUT2D eigenvalue weighted by Gasteiger charge is 2.34. The summed E-state index contributed by atoms with van der Waals surface area (Å²) in [7, 11) is 0. The SMILES string of the molecule is CC1=NN(c2ccc(C)c(C)c2)C(=O)C1NNc1cccc(-c2ccc(C(C)c3nn[nH]n3)cc2)c1O. The highest BCUT2D eigenvalue weighted by molar-refractivity contribution is 6.18. The number of hydrogen-bond donors (Lipinski definition) is 4. The second kappa shape index (κ2) is 9.82. The fourth-order valence-corrected chi connectivity index (χ4v) is 4.25. The zero-order valence-corrected chi connectivity index (χ0v) is 21.0. The van der Waals surface area contributed by atoms with Gasteiger partial charge in [0.2, 0.25) is 0 Å². The number of phenols is 1. The Morgan fingerprint density at radius 1 is 1.03 bits per heavy atom. The summed E-state index contributed by atoms with van der Waals surface area (Å²) in [5.41, 5.74) is 12.6. The van der Waals surface area contributed by atoms with Crippen molar-refractivity contribution < 1.29 is 9.90 Å². The van der Waals surface area contributed by atoms with Crippen LogP contribution >= 0.6 is 0 Å². The number of anilines is 2. The van der Waals surface area contributed by atoms with Crippen LogP contribution in [-0.4, -0.2) is 43.4 Å². The topological polar surface area (TPSA) is 131 Å². The first-order chi connectivity index (χ1) is 17.8. The number of hydrazine groups is 1. The van der Waals surface area contributed by atoms with E-state index in [0.29, 0.717) is 22.8 Å². The molecular formula is C27H28N8O2. The molecule has 5 rings (SSSR count). The number of nitrogens with one attached hydrogen (secondary N) is 3. The molecule has 0 saturated carbocycles. The summed E-state index contributed by atoms with van der Waals surface area (Å²) in [4.78, 5) is 13.1. The molecule has 2 heterocycles. The maximum absolute atomic E-state index is 13.1. The van der Waals surface area contributed by atoms with Gasteiger partial charge in [-0.1, -0.05) is 54.6 Å². The Labute approximate surface area is 214 Å². The number of amides is 1. The average Bonchev–Trinajstić information content (AvgIpc) is 3.53. The van der Waals surface area contributed by atoms with Gasteiger partial charge in [0, 0.05) is 11.5 Å². The number of rotatable bonds is 7. The van der Waals surface area contributed by atoms with Gasteiger partial charge >= 0.3 is 0 Å². The number of H-pyrrole nitrogens is 1. The number of carbonyl (C=O) groups is 1. The summed E-state index contributed by atoms with van der Waals surface area (Å²) in [5.74, 6) is 0.468. The number of hydrogen-bond acceptors (Lipinski definition) is 8. The molecule has 4 aromatic rings. The van der Waals surface area contributed by atoms with E-state index in [2.05, 4.69) is 36.6 Å². The Balaban J connectivity index is 1.30. The van der Waals surface area contributed by atoms with Crippen LogP contribution in [-0.2, 0) is 4.79 Å². The third-order valence-corrected chi connectivity index (χ3v) is 6.72. The van der Waals surface area contributed by atoms with Crippen molar-refractivity contribution in [3.05, 3.63) is 83.2 Å². The number of aromatic amines is 1. The largest absolute Gasteiger partial charge is 0.505 e. The van der Waals surface area contributed by atoms with Gasteiger partial charge in [-0.3, -0.25) is 4.79 Å². The zero-order valence-electron chi connectivity index (χ0n) is 21.0. The monoisotopic (exact) mass is 496 g/mol. The lowest BCUT2D eigenvalue weighted by Gasteiger charge is -2.18. The summed E-state index contributed by atoms with van der Waals surface area (Å²) in [6, 6.07) is 18.4. The highest BCUT2D eigenvalue weighted by atomic mass is 16.3. The van der Waals surface area contributed by atoms with Gasteiger partial charge in [0.15, 0.2) is 5.82 Å². The molecule has 1 aromatic heterocycles. The third kappa shape index (κ3) is 4.66. The molecule has 2 unspecified atom stereocenters. The number of phenolic OH excluding ortho intramolecular Hbond substituents is 1. The van der Waals surface area contributed by atoms with Gasteiger partial charge in [0.25, 0.3) is 5.91 Å². The molecule has 0 radical (unpaired) electrons. The Bertz CT molecular complexity index is 1460. The number of para-hydroxylation sites is 1. The van der Waals surface area contributed by atoms with Crippen LogP contribution in [0.1, 0.15) is 42.3 Å². The number of nitrogens with zero attached hydrogens (tertiary/aromatic N) is 5. The molecule has 0 bridgehead atoms. The smallest absolute Gasteiger partial charge is 0.272 e. The van der Waals surface area contributed by atoms with Crippen molar-refractivity contribution in [3.63, 3.8) is 0 Å². The molecule has 188 valence electrons. The van der Waals surface area contributed by atoms with Crippen molar-refractivity contribution in [2.45, 2.75) is 39.7 Å². The second-order valence-electron chi connectivity index (χ2n) is 9.18. The molecule has 2 atom stereocenters. The lowest BCUT2D eigenvalue weighted by Crippen LogP contribution is -2.45. The minimum absolute atomic E-state index is 0.0177. The lowest BCUT2D eigenvalue weighted by atomic mass is 9.96. The van der Waals surface area contributed by atoms with Crippen LogP contribution in [0.3, 0.4) is 0 Å². The molecule has 1 aliphatic rings. The van der Waals surface area contributed by atoms with E-state index in [1.54, 1.807) is 13.0 Å². The van der Waals surface area contributed by atoms with E-state index in [-0.39, 0.29) is 17.6 Å². The summed E-state index contributed by atoms with van der Waals surface area (Å²) < 4.78 is 0. The van der Waals surface area contributed by atoms with Gasteiger partial charge in [-0.05, 0) is 61.2 Å². The Kier molecular flexibility index (Phi) is 6.41. The summed E-state index contributed by atoms with van der Waals surface area (Å²) in [6.45, 7) is 7.83. The predicted octanol–water partition coefficient (Wildman–Crippen LogP) is 4.05. The van der Waals surface area contributed by atoms with Crippen molar-refractivity contribution in [2.75, 3.05) is 10.4 Å². The van der Waals surface area contributed by atoms with Crippen LogP contribution in [0.5, 0.6) is 5.75 Å². The number of tetrazole rings is 1. The van der Waals surface area contributed by atoms with E-state index in [1.165, 1.54) is 5.01 Å². The van der Waals surface area contributed by atoms with Crippen LogP contribution in [0, 0.1) is 13.8 Å². The number of hydrazone groups is 1. The van der Waals surface area contributed by atoms with E-state index in [0.717, 1.165) is 27.9 Å². The Morgan fingerprint density at radius 3 is 2.51 bits per heavy atom. The number of benzene rings is 3. The van der Waals surface area contributed by atoms with Gasteiger partial charge in [-0.15, -0.1) is 10.2 Å². The number of carbonyl (C=O) groups excluding carboxylic acids is 1. The van der Waals surface area contributed by atoms with E-state index in [9.17, 15) is 9.90 Å². The van der Waals surface area contributed by atoms with E-state index in [1.807, 2.05) is 75.4 Å². The number of aromatic hydroxyl groups is 1. The van der Waals surface area contributed by atoms with Crippen molar-refractivity contribution in [2.24, 2.45) is 5.10 Å². The van der Waals surface area contributed by atoms with Crippen LogP contribution in [0.4, 0.5) is 11.4 Å². The van der Waals surface area contributed by atoms with Crippen LogP contribution < -0.4 is 15.9 Å². The predicted molar refractivity (Wildman–Crippen MR) is 142 cm³/mol. The quantitative estimate of drug-likeness (QED) is 0.224. The third-order valence-electron chi connectivity index (χ3n) is 6.72. The van der Waals surface area contributed by atoms with Gasteiger partial charge in [-0.25, -0.2) is 5.43 Å². The molecule has 1 aliphatic heterocycles. The first kappa shape index (κ1) is 24.1. The van der Waals surface area contributed by atoms with Gasteiger partial charge in [0.05, 0.1) is 17.1 Å². The maximum atomic E-state index is 13.1. The fourth-order valence-electron chi connectivity index (χ4n) is 4.25. The standard InChI is InChI=1S/C27H28N8O2/c1-15-8-13-21(14-16(15)2)35-27(37)24(18(4)32-35)29-28-23-7-5-6-22(25(23)36)20-11-9-19(10-12-20)17(3)26-30-33-34-31-26/h5-14,17,24,28-29,36H,1-4H3,(H,30,31,33,34). The van der Waals surface area contributed by atoms with Crippen LogP contribution in [0.2, 0.25) is 0 Å². The van der Waals surface area contributed by atoms with E-state index in [4.69, 9.17) is 0 Å². The van der Waals surface area contributed by atoms with Crippen LogP contribution in [0.15, 0.2) is 65.8 Å². The molecule has 10 nitrogen and oxygen atoms in total. The van der Waals surface area contributed by atoms with Gasteiger partial charge in [-0.2, -0.15) is 15.3 Å². The molecule has 10 heteroatoms. The molecule has 0 saturated heterocycles. The average molecular weight is 497 g/mol. The van der Waals surface area contributed by atoms with Crippen molar-refractivity contribution >= 4 is 23.0 Å². The summed E-state index contributed by atoms with van der Waals surface area (Å²) in [5, 5.41) is 31.1. The normalized spacial score (nSPS) is 16.1. The van der Waals surface area contributed by atoms with Crippen LogP contribution in [0.25, 0.3) is 11.1 Å².